The Morgan fingerprint density at radius 3 is 1.28 bits per heavy atom. The van der Waals surface area contributed by atoms with Crippen LogP contribution in [0.2, 0.25) is 0 Å². The van der Waals surface area contributed by atoms with Crippen molar-refractivity contribution in [2.75, 3.05) is 6.61 Å². The quantitative estimate of drug-likeness (QED) is 0.0355. The standard InChI is InChI=1S/C53H81NO3/c1-3-5-7-9-11-13-15-17-19-21-23-25-36-44-51(55)50(54-52(56)45-37-26-24-22-20-18-16-14-12-10-8-6-4-2)46-57-53(47-38-30-27-31-39-47,48-40-32-28-33-41-48)49-42-34-29-35-43-49/h27-36,38-44,50-51,55H,3-26,37,45-46H2,1-2H3,(H,54,56)/b44-36+/t50-,51+/m0/s1. The topological polar surface area (TPSA) is 58.6 Å². The highest BCUT2D eigenvalue weighted by molar-refractivity contribution is 5.76. The lowest BCUT2D eigenvalue weighted by Gasteiger charge is -2.37. The number of allylic oxidation sites excluding steroid dienone is 1. The number of nitrogens with one attached hydrogen (secondary N) is 1. The van der Waals surface area contributed by atoms with Crippen LogP contribution in [0.25, 0.3) is 0 Å². The van der Waals surface area contributed by atoms with E-state index in [2.05, 4.69) is 61.6 Å². The van der Waals surface area contributed by atoms with Gasteiger partial charge >= 0.3 is 0 Å². The smallest absolute Gasteiger partial charge is 0.220 e. The van der Waals surface area contributed by atoms with Crippen molar-refractivity contribution < 1.29 is 14.6 Å². The van der Waals surface area contributed by atoms with Crippen molar-refractivity contribution in [1.82, 2.24) is 5.32 Å². The molecule has 0 aromatic heterocycles. The molecule has 2 N–H and O–H groups in total. The number of aliphatic hydroxyl groups excluding tert-OH is 1. The van der Waals surface area contributed by atoms with E-state index >= 15 is 0 Å². The molecule has 0 spiro atoms. The van der Waals surface area contributed by atoms with E-state index in [-0.39, 0.29) is 12.5 Å². The van der Waals surface area contributed by atoms with Gasteiger partial charge in [0.05, 0.1) is 18.8 Å². The summed E-state index contributed by atoms with van der Waals surface area (Å²) in [5.41, 5.74) is 2.07. The van der Waals surface area contributed by atoms with Crippen LogP contribution in [-0.2, 0) is 15.1 Å². The third-order valence-electron chi connectivity index (χ3n) is 11.6. The first-order valence-corrected chi connectivity index (χ1v) is 23.6. The molecule has 3 aromatic carbocycles. The molecule has 3 rings (SSSR count). The number of ether oxygens (including phenoxy) is 1. The molecular weight excluding hydrogens is 699 g/mol. The van der Waals surface area contributed by atoms with Gasteiger partial charge in [-0.2, -0.15) is 0 Å². The van der Waals surface area contributed by atoms with Crippen LogP contribution in [0.4, 0.5) is 0 Å². The van der Waals surface area contributed by atoms with Crippen LogP contribution in [0.1, 0.15) is 197 Å². The second-order valence-corrected chi connectivity index (χ2v) is 16.5. The van der Waals surface area contributed by atoms with Gasteiger partial charge in [-0.3, -0.25) is 4.79 Å². The number of benzene rings is 3. The Kier molecular flexibility index (Phi) is 26.8. The first kappa shape index (κ1) is 48.2. The molecule has 3 aromatic rings. The van der Waals surface area contributed by atoms with Gasteiger partial charge < -0.3 is 15.2 Å². The van der Waals surface area contributed by atoms with Crippen LogP contribution in [0, 0.1) is 0 Å². The second kappa shape index (κ2) is 31.7. The first-order chi connectivity index (χ1) is 28.1. The van der Waals surface area contributed by atoms with Gasteiger partial charge in [-0.1, -0.05) is 258 Å². The van der Waals surface area contributed by atoms with E-state index in [1.54, 1.807) is 0 Å². The first-order valence-electron chi connectivity index (χ1n) is 23.6. The highest BCUT2D eigenvalue weighted by atomic mass is 16.5. The molecule has 0 saturated carbocycles. The van der Waals surface area contributed by atoms with E-state index in [0.717, 1.165) is 42.4 Å². The van der Waals surface area contributed by atoms with Crippen LogP contribution in [0.3, 0.4) is 0 Å². The van der Waals surface area contributed by atoms with Gasteiger partial charge in [0.1, 0.15) is 5.60 Å². The largest absolute Gasteiger partial charge is 0.387 e. The summed E-state index contributed by atoms with van der Waals surface area (Å²) in [6.45, 7) is 4.70. The maximum absolute atomic E-state index is 13.5. The fraction of sp³-hybridized carbons (Fsp3) is 0.604. The lowest BCUT2D eigenvalue weighted by molar-refractivity contribution is -0.123. The number of carbonyl (C=O) groups is 1. The molecule has 2 atom stereocenters. The van der Waals surface area contributed by atoms with Gasteiger partial charge in [-0.25, -0.2) is 0 Å². The number of hydrogen-bond acceptors (Lipinski definition) is 3. The molecule has 4 heteroatoms. The molecule has 57 heavy (non-hydrogen) atoms. The van der Waals surface area contributed by atoms with E-state index in [1.165, 1.54) is 135 Å². The molecule has 4 nitrogen and oxygen atoms in total. The Balaban J connectivity index is 1.59. The van der Waals surface area contributed by atoms with Crippen molar-refractivity contribution >= 4 is 5.91 Å². The molecule has 0 aliphatic heterocycles. The van der Waals surface area contributed by atoms with E-state index in [0.29, 0.717) is 6.42 Å². The predicted octanol–water partition coefficient (Wildman–Crippen LogP) is 14.6. The lowest BCUT2D eigenvalue weighted by atomic mass is 9.80. The average Bonchev–Trinajstić information content (AvgIpc) is 3.25. The van der Waals surface area contributed by atoms with E-state index in [1.807, 2.05) is 60.7 Å². The summed E-state index contributed by atoms with van der Waals surface area (Å²) in [7, 11) is 0. The van der Waals surface area contributed by atoms with Gasteiger partial charge in [0.15, 0.2) is 0 Å². The predicted molar refractivity (Wildman–Crippen MR) is 244 cm³/mol. The van der Waals surface area contributed by atoms with Crippen LogP contribution < -0.4 is 5.32 Å². The average molecular weight is 780 g/mol. The minimum Gasteiger partial charge on any atom is -0.387 e. The molecule has 0 aliphatic rings. The highest BCUT2D eigenvalue weighted by Crippen LogP contribution is 2.40. The van der Waals surface area contributed by atoms with Crippen molar-refractivity contribution in [3.8, 4) is 0 Å². The van der Waals surface area contributed by atoms with Crippen molar-refractivity contribution in [2.45, 2.75) is 199 Å². The van der Waals surface area contributed by atoms with Crippen molar-refractivity contribution in [3.05, 3.63) is 120 Å². The summed E-state index contributed by atoms with van der Waals surface area (Å²) >= 11 is 0. The molecule has 1 amide bonds. The Bertz CT molecular complexity index is 1290. The highest BCUT2D eigenvalue weighted by Gasteiger charge is 2.38. The monoisotopic (exact) mass is 780 g/mol. The fourth-order valence-electron chi connectivity index (χ4n) is 8.09. The van der Waals surface area contributed by atoms with E-state index in [9.17, 15) is 9.90 Å². The molecule has 0 unspecified atom stereocenters. The van der Waals surface area contributed by atoms with E-state index in [4.69, 9.17) is 4.74 Å². The van der Waals surface area contributed by atoms with Gasteiger partial charge in [0.25, 0.3) is 0 Å². The molecule has 0 fully saturated rings. The summed E-state index contributed by atoms with van der Waals surface area (Å²) in [4.78, 5) is 13.5. The number of unbranched alkanes of at least 4 members (excludes halogenated alkanes) is 23. The lowest BCUT2D eigenvalue weighted by Crippen LogP contribution is -2.48. The summed E-state index contributed by atoms with van der Waals surface area (Å²) in [6, 6.07) is 30.3. The zero-order chi connectivity index (χ0) is 40.5. The summed E-state index contributed by atoms with van der Waals surface area (Å²) in [5.74, 6) is -0.0192. The minimum absolute atomic E-state index is 0.0192. The zero-order valence-electron chi connectivity index (χ0n) is 36.3. The molecule has 0 radical (unpaired) electrons. The fourth-order valence-corrected chi connectivity index (χ4v) is 8.09. The molecule has 0 bridgehead atoms. The second-order valence-electron chi connectivity index (χ2n) is 16.5. The van der Waals surface area contributed by atoms with Gasteiger partial charge in [0, 0.05) is 6.42 Å². The summed E-state index contributed by atoms with van der Waals surface area (Å²) < 4.78 is 7.10. The number of carbonyl (C=O) groups excluding carboxylic acids is 1. The normalized spacial score (nSPS) is 12.9. The van der Waals surface area contributed by atoms with E-state index < -0.39 is 17.7 Å². The van der Waals surface area contributed by atoms with Crippen LogP contribution >= 0.6 is 0 Å². The van der Waals surface area contributed by atoms with Crippen molar-refractivity contribution in [1.29, 1.82) is 0 Å². The van der Waals surface area contributed by atoms with Gasteiger partial charge in [0.2, 0.25) is 5.91 Å². The number of rotatable bonds is 35. The Labute approximate surface area is 349 Å². The number of hydrogen-bond donors (Lipinski definition) is 2. The Hall–Kier alpha value is -3.21. The van der Waals surface area contributed by atoms with Crippen molar-refractivity contribution in [3.63, 3.8) is 0 Å². The van der Waals surface area contributed by atoms with Crippen LogP contribution in [0.5, 0.6) is 0 Å². The molecule has 0 saturated heterocycles. The van der Waals surface area contributed by atoms with Crippen LogP contribution in [-0.4, -0.2) is 29.8 Å². The Morgan fingerprint density at radius 1 is 0.544 bits per heavy atom. The third kappa shape index (κ3) is 19.9. The summed E-state index contributed by atoms with van der Waals surface area (Å²) in [6.07, 6.45) is 35.5. The SMILES string of the molecule is CCCCCCCCCCCCC/C=C/[C@@H](O)[C@H](COC(c1ccccc1)(c1ccccc1)c1ccccc1)NC(=O)CCCCCCCCCCCCCCC. The molecule has 0 aliphatic carbocycles. The molecular formula is C53H81NO3. The maximum Gasteiger partial charge on any atom is 0.220 e. The minimum atomic E-state index is -0.930. The third-order valence-corrected chi connectivity index (χ3v) is 11.6. The maximum atomic E-state index is 13.5. The Morgan fingerprint density at radius 2 is 0.895 bits per heavy atom. The number of amides is 1. The molecule has 0 heterocycles. The van der Waals surface area contributed by atoms with Crippen LogP contribution in [0.15, 0.2) is 103 Å². The zero-order valence-corrected chi connectivity index (χ0v) is 36.3. The number of aliphatic hydroxyl groups is 1. The summed E-state index contributed by atoms with van der Waals surface area (Å²) in [5, 5.41) is 14.9. The van der Waals surface area contributed by atoms with Gasteiger partial charge in [-0.15, -0.1) is 0 Å². The van der Waals surface area contributed by atoms with Gasteiger partial charge in [-0.05, 0) is 36.0 Å². The van der Waals surface area contributed by atoms with Crippen molar-refractivity contribution in [2.24, 2.45) is 0 Å². The molecule has 316 valence electrons.